The van der Waals surface area contributed by atoms with Crippen molar-refractivity contribution in [1.29, 1.82) is 0 Å². The number of fused-ring (bicyclic) bond motifs is 1. The number of nitrogens with zero attached hydrogens (tertiary/aromatic N) is 1. The Hall–Kier alpha value is -1.59. The van der Waals surface area contributed by atoms with Crippen LogP contribution >= 0.6 is 11.6 Å². The standard InChI is InChI=1S/C21H24ClNO3/c22-16-6-7-20-17(12-16)18(24)13-21(26-20)8-10-23(11-9-21)14-19(25)15-4-2-1-3-5-15/h1-7,12,18-19,24-25H,8-11,13-14H2/t18-,19+/m1/s1. The van der Waals surface area contributed by atoms with E-state index in [0.717, 1.165) is 42.8 Å². The molecule has 2 atom stereocenters. The van der Waals surface area contributed by atoms with Crippen LogP contribution < -0.4 is 4.74 Å². The van der Waals surface area contributed by atoms with Gasteiger partial charge in [-0.15, -0.1) is 0 Å². The van der Waals surface area contributed by atoms with Gasteiger partial charge in [-0.25, -0.2) is 0 Å². The molecule has 26 heavy (non-hydrogen) atoms. The van der Waals surface area contributed by atoms with Gasteiger partial charge in [-0.1, -0.05) is 41.9 Å². The summed E-state index contributed by atoms with van der Waals surface area (Å²) in [6.07, 6.45) is 1.25. The maximum Gasteiger partial charge on any atom is 0.126 e. The third-order valence-corrected chi connectivity index (χ3v) is 5.84. The van der Waals surface area contributed by atoms with Gasteiger partial charge in [0.05, 0.1) is 12.2 Å². The lowest BCUT2D eigenvalue weighted by atomic mass is 9.81. The van der Waals surface area contributed by atoms with Gasteiger partial charge in [0.1, 0.15) is 11.4 Å². The van der Waals surface area contributed by atoms with Gasteiger partial charge in [0, 0.05) is 36.6 Å². The minimum atomic E-state index is -0.543. The normalized spacial score (nSPS) is 23.3. The molecule has 1 saturated heterocycles. The number of β-amino-alcohol motifs (C(OH)–C–C–N with tert-alkyl or cyclic N) is 1. The Morgan fingerprint density at radius 1 is 1.15 bits per heavy atom. The van der Waals surface area contributed by atoms with Crippen LogP contribution in [0.25, 0.3) is 0 Å². The van der Waals surface area contributed by atoms with Crippen molar-refractivity contribution in [2.45, 2.75) is 37.1 Å². The summed E-state index contributed by atoms with van der Waals surface area (Å²) in [6, 6.07) is 15.2. The van der Waals surface area contributed by atoms with Gasteiger partial charge in [-0.3, -0.25) is 0 Å². The highest BCUT2D eigenvalue weighted by atomic mass is 35.5. The third-order valence-electron chi connectivity index (χ3n) is 5.61. The molecule has 0 aromatic heterocycles. The lowest BCUT2D eigenvalue weighted by molar-refractivity contribution is -0.0587. The van der Waals surface area contributed by atoms with E-state index in [0.29, 0.717) is 18.0 Å². The Bertz CT molecular complexity index is 759. The highest BCUT2D eigenvalue weighted by molar-refractivity contribution is 6.30. The highest BCUT2D eigenvalue weighted by Crippen LogP contribution is 2.45. The number of rotatable bonds is 3. The minimum absolute atomic E-state index is 0.325. The summed E-state index contributed by atoms with van der Waals surface area (Å²) in [6.45, 7) is 2.31. The van der Waals surface area contributed by atoms with Gasteiger partial charge in [0.2, 0.25) is 0 Å². The van der Waals surface area contributed by atoms with Crippen molar-refractivity contribution in [3.8, 4) is 5.75 Å². The van der Waals surface area contributed by atoms with Crippen LogP contribution in [0.4, 0.5) is 0 Å². The molecule has 0 bridgehead atoms. The number of hydrogen-bond donors (Lipinski definition) is 2. The first-order chi connectivity index (χ1) is 12.5. The number of hydrogen-bond acceptors (Lipinski definition) is 4. The largest absolute Gasteiger partial charge is 0.487 e. The van der Waals surface area contributed by atoms with Gasteiger partial charge in [-0.05, 0) is 36.6 Å². The lowest BCUT2D eigenvalue weighted by Gasteiger charge is -2.46. The van der Waals surface area contributed by atoms with E-state index < -0.39 is 12.2 Å². The van der Waals surface area contributed by atoms with Crippen LogP contribution in [0.15, 0.2) is 48.5 Å². The van der Waals surface area contributed by atoms with Crippen LogP contribution in [0.3, 0.4) is 0 Å². The summed E-state index contributed by atoms with van der Waals surface area (Å²) in [5.74, 6) is 0.742. The molecular formula is C21H24ClNO3. The molecule has 138 valence electrons. The first-order valence-corrected chi connectivity index (χ1v) is 9.54. The number of aliphatic hydroxyl groups excluding tert-OH is 2. The van der Waals surface area contributed by atoms with E-state index in [1.54, 1.807) is 12.1 Å². The van der Waals surface area contributed by atoms with E-state index in [1.165, 1.54) is 0 Å². The van der Waals surface area contributed by atoms with E-state index in [4.69, 9.17) is 16.3 Å². The molecule has 2 aliphatic heterocycles. The molecular weight excluding hydrogens is 350 g/mol. The third kappa shape index (κ3) is 3.60. The van der Waals surface area contributed by atoms with E-state index >= 15 is 0 Å². The molecule has 1 fully saturated rings. The zero-order valence-electron chi connectivity index (χ0n) is 14.6. The van der Waals surface area contributed by atoms with E-state index in [2.05, 4.69) is 4.90 Å². The topological polar surface area (TPSA) is 52.9 Å². The van der Waals surface area contributed by atoms with Crippen molar-refractivity contribution < 1.29 is 14.9 Å². The molecule has 0 radical (unpaired) electrons. The minimum Gasteiger partial charge on any atom is -0.487 e. The predicted octanol–water partition coefficient (Wildman–Crippen LogP) is 3.72. The second-order valence-corrected chi connectivity index (χ2v) is 7.85. The molecule has 2 N–H and O–H groups in total. The van der Waals surface area contributed by atoms with Crippen molar-refractivity contribution in [2.75, 3.05) is 19.6 Å². The molecule has 0 unspecified atom stereocenters. The fraction of sp³-hybridized carbons (Fsp3) is 0.429. The number of aliphatic hydroxyl groups is 2. The fourth-order valence-electron chi connectivity index (χ4n) is 4.08. The second kappa shape index (κ2) is 7.20. The van der Waals surface area contributed by atoms with Crippen LogP contribution in [0.5, 0.6) is 5.75 Å². The van der Waals surface area contributed by atoms with E-state index in [1.807, 2.05) is 36.4 Å². The van der Waals surface area contributed by atoms with Crippen LogP contribution in [-0.2, 0) is 0 Å². The molecule has 0 aliphatic carbocycles. The van der Waals surface area contributed by atoms with E-state index in [9.17, 15) is 10.2 Å². The fourth-order valence-corrected chi connectivity index (χ4v) is 4.26. The first-order valence-electron chi connectivity index (χ1n) is 9.17. The van der Waals surface area contributed by atoms with Gasteiger partial charge < -0.3 is 19.8 Å². The highest BCUT2D eigenvalue weighted by Gasteiger charge is 2.43. The first kappa shape index (κ1) is 17.8. The van der Waals surface area contributed by atoms with Crippen LogP contribution in [-0.4, -0.2) is 40.3 Å². The van der Waals surface area contributed by atoms with Crippen LogP contribution in [0.1, 0.15) is 42.6 Å². The van der Waals surface area contributed by atoms with Gasteiger partial charge in [0.25, 0.3) is 0 Å². The Labute approximate surface area is 159 Å². The Kier molecular flexibility index (Phi) is 4.93. The Morgan fingerprint density at radius 3 is 2.62 bits per heavy atom. The summed E-state index contributed by atoms with van der Waals surface area (Å²) in [7, 11) is 0. The maximum absolute atomic E-state index is 10.6. The number of ether oxygens (including phenoxy) is 1. The van der Waals surface area contributed by atoms with Crippen LogP contribution in [0.2, 0.25) is 5.02 Å². The zero-order valence-corrected chi connectivity index (χ0v) is 15.4. The molecule has 0 saturated carbocycles. The summed E-state index contributed by atoms with van der Waals surface area (Å²) in [5.41, 5.74) is 1.40. The molecule has 2 aromatic rings. The van der Waals surface area contributed by atoms with Gasteiger partial charge in [-0.2, -0.15) is 0 Å². The van der Waals surface area contributed by atoms with Crippen molar-refractivity contribution in [3.63, 3.8) is 0 Å². The molecule has 1 spiro atoms. The van der Waals surface area contributed by atoms with Crippen molar-refractivity contribution in [2.24, 2.45) is 0 Å². The number of halogens is 1. The second-order valence-electron chi connectivity index (χ2n) is 7.41. The Morgan fingerprint density at radius 2 is 1.88 bits per heavy atom. The molecule has 4 rings (SSSR count). The molecule has 0 amide bonds. The van der Waals surface area contributed by atoms with Gasteiger partial charge >= 0.3 is 0 Å². The molecule has 2 aromatic carbocycles. The maximum atomic E-state index is 10.6. The lowest BCUT2D eigenvalue weighted by Crippen LogP contribution is -2.51. The van der Waals surface area contributed by atoms with Crippen molar-refractivity contribution in [3.05, 3.63) is 64.7 Å². The smallest absolute Gasteiger partial charge is 0.126 e. The van der Waals surface area contributed by atoms with Gasteiger partial charge in [0.15, 0.2) is 0 Å². The SMILES string of the molecule is O[C@@H]1CC2(CCN(C[C@H](O)c3ccccc3)CC2)Oc2ccc(Cl)cc21. The molecule has 4 nitrogen and oxygen atoms in total. The summed E-state index contributed by atoms with van der Waals surface area (Å²) < 4.78 is 6.32. The molecule has 5 heteroatoms. The van der Waals surface area contributed by atoms with Crippen molar-refractivity contribution >= 4 is 11.6 Å². The van der Waals surface area contributed by atoms with Crippen molar-refractivity contribution in [1.82, 2.24) is 4.90 Å². The number of benzene rings is 2. The summed E-state index contributed by atoms with van der Waals surface area (Å²) >= 11 is 6.04. The quantitative estimate of drug-likeness (QED) is 0.860. The molecule has 2 heterocycles. The number of likely N-dealkylation sites (tertiary alicyclic amines) is 1. The monoisotopic (exact) mass is 373 g/mol. The zero-order chi connectivity index (χ0) is 18.1. The Balaban J connectivity index is 1.40. The predicted molar refractivity (Wildman–Crippen MR) is 101 cm³/mol. The number of piperidine rings is 1. The summed E-state index contributed by atoms with van der Waals surface area (Å²) in [4.78, 5) is 2.27. The molecule has 2 aliphatic rings. The van der Waals surface area contributed by atoms with E-state index in [-0.39, 0.29) is 5.60 Å². The summed E-state index contributed by atoms with van der Waals surface area (Å²) in [5, 5.41) is 21.6. The average molecular weight is 374 g/mol. The average Bonchev–Trinajstić information content (AvgIpc) is 2.65. The van der Waals surface area contributed by atoms with Crippen LogP contribution in [0, 0.1) is 0 Å².